The van der Waals surface area contributed by atoms with Gasteiger partial charge in [0.15, 0.2) is 4.87 Å². The van der Waals surface area contributed by atoms with E-state index >= 15 is 0 Å². The zero-order valence-electron chi connectivity index (χ0n) is 15.6. The lowest BCUT2D eigenvalue weighted by atomic mass is 9.70. The van der Waals surface area contributed by atoms with E-state index in [0.29, 0.717) is 5.92 Å². The van der Waals surface area contributed by atoms with Crippen LogP contribution in [0.25, 0.3) is 0 Å². The van der Waals surface area contributed by atoms with Crippen molar-refractivity contribution in [1.82, 2.24) is 0 Å². The molecule has 3 aliphatic heterocycles. The minimum atomic E-state index is -0.691. The monoisotopic (exact) mass is 376 g/mol. The highest BCUT2D eigenvalue weighted by molar-refractivity contribution is 8.01. The molecular formula is C23H24N2OS. The molecule has 27 heavy (non-hydrogen) atoms. The quantitative estimate of drug-likeness (QED) is 0.648. The van der Waals surface area contributed by atoms with Crippen molar-refractivity contribution in [3.05, 3.63) is 53.6 Å². The maximum Gasteiger partial charge on any atom is 0.268 e. The lowest BCUT2D eigenvalue weighted by Gasteiger charge is -2.50. The maximum absolute atomic E-state index is 14.1. The first-order valence-electron chi connectivity index (χ1n) is 10.2. The van der Waals surface area contributed by atoms with Crippen LogP contribution in [0.1, 0.15) is 62.5 Å². The molecule has 1 amide bonds. The van der Waals surface area contributed by atoms with Crippen molar-refractivity contribution >= 4 is 29.0 Å². The maximum atomic E-state index is 14.1. The Morgan fingerprint density at radius 1 is 1.07 bits per heavy atom. The molecule has 0 unspecified atom stereocenters. The molecule has 138 valence electrons. The molecule has 4 aliphatic rings. The largest absolute Gasteiger partial charge is 0.358 e. The van der Waals surface area contributed by atoms with Gasteiger partial charge in [0.25, 0.3) is 5.91 Å². The van der Waals surface area contributed by atoms with Gasteiger partial charge in [-0.1, -0.05) is 68.3 Å². The Labute approximate surface area is 164 Å². The van der Waals surface area contributed by atoms with Crippen LogP contribution >= 0.6 is 11.8 Å². The number of para-hydroxylation sites is 2. The molecule has 0 bridgehead atoms. The number of rotatable bonds is 0. The summed E-state index contributed by atoms with van der Waals surface area (Å²) in [4.78, 5) is 16.8. The summed E-state index contributed by atoms with van der Waals surface area (Å²) in [5.74, 6) is 0.756. The molecule has 1 aliphatic carbocycles. The summed E-state index contributed by atoms with van der Waals surface area (Å²) in [6.45, 7) is 2.35. The summed E-state index contributed by atoms with van der Waals surface area (Å²) in [6.07, 6.45) is 7.16. The van der Waals surface area contributed by atoms with Gasteiger partial charge in [-0.25, -0.2) is 0 Å². The van der Waals surface area contributed by atoms with E-state index in [9.17, 15) is 4.79 Å². The molecule has 6 rings (SSSR count). The summed E-state index contributed by atoms with van der Waals surface area (Å²) in [7, 11) is 0. The topological polar surface area (TPSA) is 32.3 Å². The van der Waals surface area contributed by atoms with E-state index in [4.69, 9.17) is 0 Å². The number of nitrogens with one attached hydrogen (secondary N) is 1. The third-order valence-corrected chi connectivity index (χ3v) is 8.49. The van der Waals surface area contributed by atoms with E-state index in [2.05, 4.69) is 53.5 Å². The first-order valence-corrected chi connectivity index (χ1v) is 11.0. The third kappa shape index (κ3) is 1.92. The minimum Gasteiger partial charge on any atom is -0.358 e. The number of carbonyl (C=O) groups excluding carboxylic acids is 1. The first-order chi connectivity index (χ1) is 13.1. The Balaban J connectivity index is 1.58. The van der Waals surface area contributed by atoms with Gasteiger partial charge < -0.3 is 10.2 Å². The average Bonchev–Trinajstić information content (AvgIpc) is 3.19. The van der Waals surface area contributed by atoms with Crippen LogP contribution in [0.3, 0.4) is 0 Å². The van der Waals surface area contributed by atoms with E-state index in [1.54, 1.807) is 11.8 Å². The number of anilines is 2. The summed E-state index contributed by atoms with van der Waals surface area (Å²) in [5, 5.41) is 3.64. The standard InChI is InChI=1S/C23H24N2OS/c1-15-14-22(12-5-2-6-13-22)25-20-16(15)8-7-9-17(20)23(21(25)26)24-18-10-3-4-11-19(18)27-23/h3-4,7-11,15,24H,2,5-6,12-14H2,1H3/t15-,23-/m1/s1. The predicted molar refractivity (Wildman–Crippen MR) is 110 cm³/mol. The fraction of sp³-hybridized carbons (Fsp3) is 0.435. The van der Waals surface area contributed by atoms with Crippen molar-refractivity contribution in [1.29, 1.82) is 0 Å². The lowest BCUT2D eigenvalue weighted by Crippen LogP contribution is -2.57. The molecule has 2 spiro atoms. The van der Waals surface area contributed by atoms with Gasteiger partial charge >= 0.3 is 0 Å². The molecule has 1 N–H and O–H groups in total. The predicted octanol–water partition coefficient (Wildman–Crippen LogP) is 5.61. The van der Waals surface area contributed by atoms with Crippen LogP contribution in [0.2, 0.25) is 0 Å². The van der Waals surface area contributed by atoms with Crippen molar-refractivity contribution in [2.24, 2.45) is 0 Å². The zero-order valence-corrected chi connectivity index (χ0v) is 16.4. The lowest BCUT2D eigenvalue weighted by molar-refractivity contribution is -0.121. The molecule has 2 aromatic rings. The molecule has 2 aromatic carbocycles. The molecule has 3 heterocycles. The van der Waals surface area contributed by atoms with E-state index < -0.39 is 4.87 Å². The summed E-state index contributed by atoms with van der Waals surface area (Å²) in [6, 6.07) is 14.9. The highest BCUT2D eigenvalue weighted by Crippen LogP contribution is 2.63. The second-order valence-electron chi connectivity index (χ2n) is 8.68. The van der Waals surface area contributed by atoms with Crippen LogP contribution < -0.4 is 10.2 Å². The van der Waals surface area contributed by atoms with Crippen molar-refractivity contribution in [3.63, 3.8) is 0 Å². The number of benzene rings is 2. The van der Waals surface area contributed by atoms with Gasteiger partial charge in [0.2, 0.25) is 0 Å². The number of hydrogen-bond acceptors (Lipinski definition) is 3. The van der Waals surface area contributed by atoms with Gasteiger partial charge in [-0.3, -0.25) is 4.79 Å². The van der Waals surface area contributed by atoms with Crippen molar-refractivity contribution < 1.29 is 4.79 Å². The average molecular weight is 377 g/mol. The number of thioether (sulfide) groups is 1. The van der Waals surface area contributed by atoms with E-state index in [0.717, 1.165) is 24.9 Å². The molecule has 4 heteroatoms. The van der Waals surface area contributed by atoms with Gasteiger partial charge in [0, 0.05) is 21.7 Å². The number of nitrogens with zero attached hydrogens (tertiary/aromatic N) is 1. The molecule has 0 radical (unpaired) electrons. The third-order valence-electron chi connectivity index (χ3n) is 7.11. The summed E-state index contributed by atoms with van der Waals surface area (Å²) < 4.78 is 0. The van der Waals surface area contributed by atoms with E-state index in [1.807, 2.05) is 6.07 Å². The minimum absolute atomic E-state index is 0.0123. The fourth-order valence-corrected chi connectivity index (χ4v) is 7.31. The number of fused-ring (bicyclic) bond motifs is 3. The van der Waals surface area contributed by atoms with Crippen molar-refractivity contribution in [2.75, 3.05) is 10.2 Å². The van der Waals surface area contributed by atoms with Crippen molar-refractivity contribution in [3.8, 4) is 0 Å². The SMILES string of the molecule is C[C@@H]1CC2(CCCCC2)N2C(=O)[C@@]3(Nc4ccccc4S3)c3cccc1c32. The molecule has 0 aromatic heterocycles. The summed E-state index contributed by atoms with van der Waals surface area (Å²) >= 11 is 1.70. The second kappa shape index (κ2) is 5.32. The summed E-state index contributed by atoms with van der Waals surface area (Å²) in [5.41, 5.74) is 4.84. The number of amides is 1. The zero-order chi connectivity index (χ0) is 18.2. The van der Waals surface area contributed by atoms with Crippen LogP contribution in [-0.4, -0.2) is 11.4 Å². The Morgan fingerprint density at radius 3 is 2.70 bits per heavy atom. The molecule has 0 saturated heterocycles. The molecule has 2 atom stereocenters. The van der Waals surface area contributed by atoms with Gasteiger partial charge in [-0.2, -0.15) is 0 Å². The van der Waals surface area contributed by atoms with Crippen LogP contribution in [0.15, 0.2) is 47.4 Å². The highest BCUT2D eigenvalue weighted by atomic mass is 32.2. The molecular weight excluding hydrogens is 352 g/mol. The van der Waals surface area contributed by atoms with Gasteiger partial charge in [-0.15, -0.1) is 0 Å². The Hall–Kier alpha value is -1.94. The van der Waals surface area contributed by atoms with E-state index in [-0.39, 0.29) is 11.4 Å². The normalized spacial score (nSPS) is 29.7. The second-order valence-corrected chi connectivity index (χ2v) is 9.93. The van der Waals surface area contributed by atoms with Crippen LogP contribution in [0.4, 0.5) is 11.4 Å². The van der Waals surface area contributed by atoms with Crippen LogP contribution in [-0.2, 0) is 9.67 Å². The van der Waals surface area contributed by atoms with Crippen LogP contribution in [0, 0.1) is 0 Å². The molecule has 1 saturated carbocycles. The first kappa shape index (κ1) is 16.1. The Kier molecular flexibility index (Phi) is 3.16. The molecule has 1 fully saturated rings. The van der Waals surface area contributed by atoms with E-state index in [1.165, 1.54) is 41.0 Å². The van der Waals surface area contributed by atoms with Gasteiger partial charge in [0.05, 0.1) is 5.69 Å². The van der Waals surface area contributed by atoms with Gasteiger partial charge in [0.1, 0.15) is 0 Å². The Bertz CT molecular complexity index is 938. The Morgan fingerprint density at radius 2 is 1.89 bits per heavy atom. The number of hydrogen-bond donors (Lipinski definition) is 1. The fourth-order valence-electron chi connectivity index (χ4n) is 5.99. The molecule has 3 nitrogen and oxygen atoms in total. The smallest absolute Gasteiger partial charge is 0.268 e. The van der Waals surface area contributed by atoms with Gasteiger partial charge in [-0.05, 0) is 42.9 Å². The van der Waals surface area contributed by atoms with Crippen LogP contribution in [0.5, 0.6) is 0 Å². The van der Waals surface area contributed by atoms with Crippen molar-refractivity contribution in [2.45, 2.75) is 66.7 Å². The number of carbonyl (C=O) groups is 1. The highest BCUT2D eigenvalue weighted by Gasteiger charge is 2.62.